The standard InChI is InChI=1S/C34H35N3O6/c1-4-42-31(40)26-27(32(41)43-5-2)34(29(38)24-13-9-10-14-25(24)30(34)39)33(20-35,28(26)37-23-11-7-6-8-12-23)36-19-22-17-15-21(3)16-18-22/h9-10,13-19,23,27,37H,4-8,11-12H2,1-3H3/t27-,33-/m1/s1. The van der Waals surface area contributed by atoms with E-state index in [1.54, 1.807) is 38.1 Å². The smallest absolute Gasteiger partial charge is 0.336 e. The van der Waals surface area contributed by atoms with E-state index in [4.69, 9.17) is 14.5 Å². The normalized spacial score (nSPS) is 23.0. The minimum absolute atomic E-state index is 0.0319. The van der Waals surface area contributed by atoms with Crippen molar-refractivity contribution in [2.24, 2.45) is 16.3 Å². The Morgan fingerprint density at radius 3 is 2.14 bits per heavy atom. The van der Waals surface area contributed by atoms with E-state index in [0.717, 1.165) is 37.7 Å². The van der Waals surface area contributed by atoms with Gasteiger partial charge in [0.1, 0.15) is 12.0 Å². The number of nitrogens with zero attached hydrogens (tertiary/aromatic N) is 2. The Labute approximate surface area is 251 Å². The second-order valence-corrected chi connectivity index (χ2v) is 11.2. The number of nitriles is 1. The number of fused-ring (bicyclic) bond motifs is 1. The maximum Gasteiger partial charge on any atom is 0.336 e. The quantitative estimate of drug-likeness (QED) is 0.270. The van der Waals surface area contributed by atoms with Crippen LogP contribution in [0.15, 0.2) is 64.8 Å². The molecule has 2 atom stereocenters. The first-order valence-electron chi connectivity index (χ1n) is 14.8. The number of Topliss-reactive ketones (excluding diaryl/α,β-unsaturated/α-hetero) is 2. The van der Waals surface area contributed by atoms with Gasteiger partial charge in [-0.05, 0) is 39.2 Å². The molecule has 1 spiro atoms. The van der Waals surface area contributed by atoms with Gasteiger partial charge in [0, 0.05) is 23.4 Å². The molecule has 43 heavy (non-hydrogen) atoms. The number of carbonyl (C=O) groups is 4. The summed E-state index contributed by atoms with van der Waals surface area (Å²) in [6, 6.07) is 15.6. The Kier molecular flexibility index (Phi) is 8.32. The van der Waals surface area contributed by atoms with Crippen LogP contribution in [0.4, 0.5) is 0 Å². The van der Waals surface area contributed by atoms with Crippen LogP contribution in [-0.4, -0.2) is 54.5 Å². The molecular weight excluding hydrogens is 546 g/mol. The number of nitrogens with one attached hydrogen (secondary N) is 1. The highest BCUT2D eigenvalue weighted by atomic mass is 16.5. The second-order valence-electron chi connectivity index (χ2n) is 11.2. The highest BCUT2D eigenvalue weighted by Crippen LogP contribution is 2.61. The van der Waals surface area contributed by atoms with E-state index in [9.17, 15) is 24.4 Å². The maximum atomic E-state index is 14.7. The first-order chi connectivity index (χ1) is 20.8. The van der Waals surface area contributed by atoms with Crippen molar-refractivity contribution in [1.29, 1.82) is 5.26 Å². The van der Waals surface area contributed by atoms with E-state index in [2.05, 4.69) is 11.4 Å². The number of carbonyl (C=O) groups excluding carboxylic acids is 4. The molecule has 1 N–H and O–H groups in total. The van der Waals surface area contributed by atoms with Gasteiger partial charge < -0.3 is 14.8 Å². The van der Waals surface area contributed by atoms with Crippen molar-refractivity contribution >= 4 is 29.7 Å². The van der Waals surface area contributed by atoms with Crippen LogP contribution in [0.5, 0.6) is 0 Å². The Morgan fingerprint density at radius 1 is 0.977 bits per heavy atom. The van der Waals surface area contributed by atoms with Gasteiger partial charge in [-0.15, -0.1) is 0 Å². The van der Waals surface area contributed by atoms with E-state index in [1.807, 2.05) is 19.1 Å². The fourth-order valence-corrected chi connectivity index (χ4v) is 6.71. The fraction of sp³-hybridized carbons (Fsp3) is 0.412. The third-order valence-corrected chi connectivity index (χ3v) is 8.67. The summed E-state index contributed by atoms with van der Waals surface area (Å²) in [4.78, 5) is 61.9. The van der Waals surface area contributed by atoms with E-state index >= 15 is 0 Å². The van der Waals surface area contributed by atoms with Crippen molar-refractivity contribution in [3.05, 3.63) is 82.1 Å². The Morgan fingerprint density at radius 2 is 1.58 bits per heavy atom. The molecule has 0 aliphatic heterocycles. The summed E-state index contributed by atoms with van der Waals surface area (Å²) in [6.45, 7) is 5.03. The largest absolute Gasteiger partial charge is 0.465 e. The molecule has 0 saturated heterocycles. The van der Waals surface area contributed by atoms with E-state index in [1.165, 1.54) is 18.3 Å². The first kappa shape index (κ1) is 29.9. The monoisotopic (exact) mass is 581 g/mol. The van der Waals surface area contributed by atoms with E-state index < -0.39 is 40.4 Å². The van der Waals surface area contributed by atoms with Crippen molar-refractivity contribution in [3.63, 3.8) is 0 Å². The zero-order valence-corrected chi connectivity index (χ0v) is 24.6. The summed E-state index contributed by atoms with van der Waals surface area (Å²) in [5.74, 6) is -5.14. The van der Waals surface area contributed by atoms with Crippen LogP contribution in [-0.2, 0) is 19.1 Å². The Hall–Kier alpha value is -4.58. The van der Waals surface area contributed by atoms with Gasteiger partial charge in [-0.25, -0.2) is 4.79 Å². The number of benzene rings is 2. The topological polar surface area (TPSA) is 135 Å². The minimum atomic E-state index is -2.43. The molecule has 0 heterocycles. The molecule has 1 fully saturated rings. The molecule has 9 heteroatoms. The minimum Gasteiger partial charge on any atom is -0.465 e. The molecule has 2 aromatic rings. The summed E-state index contributed by atoms with van der Waals surface area (Å²) in [7, 11) is 0. The molecular formula is C34H35N3O6. The average Bonchev–Trinajstić information content (AvgIpc) is 3.40. The number of hydrogen-bond donors (Lipinski definition) is 1. The highest BCUT2D eigenvalue weighted by molar-refractivity contribution is 6.34. The Balaban J connectivity index is 1.86. The summed E-state index contributed by atoms with van der Waals surface area (Å²) < 4.78 is 10.9. The van der Waals surface area contributed by atoms with Crippen LogP contribution < -0.4 is 5.32 Å². The lowest BCUT2D eigenvalue weighted by molar-refractivity contribution is -0.152. The number of hydrogen-bond acceptors (Lipinski definition) is 9. The predicted octanol–water partition coefficient (Wildman–Crippen LogP) is 4.67. The number of aryl methyl sites for hydroxylation is 1. The third-order valence-electron chi connectivity index (χ3n) is 8.67. The molecule has 5 rings (SSSR count). The number of aliphatic imine (C=N–C) groups is 1. The lowest BCUT2D eigenvalue weighted by Gasteiger charge is -2.38. The molecule has 0 unspecified atom stereocenters. The fourth-order valence-electron chi connectivity index (χ4n) is 6.71. The van der Waals surface area contributed by atoms with E-state index in [0.29, 0.717) is 5.56 Å². The van der Waals surface area contributed by atoms with Crippen LogP contribution in [0.1, 0.15) is 77.8 Å². The summed E-state index contributed by atoms with van der Waals surface area (Å²) >= 11 is 0. The maximum absolute atomic E-state index is 14.7. The van der Waals surface area contributed by atoms with Crippen molar-refractivity contribution in [2.75, 3.05) is 13.2 Å². The van der Waals surface area contributed by atoms with Gasteiger partial charge in [-0.2, -0.15) is 5.26 Å². The van der Waals surface area contributed by atoms with Gasteiger partial charge >= 0.3 is 11.9 Å². The zero-order valence-electron chi connectivity index (χ0n) is 24.6. The van der Waals surface area contributed by atoms with Gasteiger partial charge in [0.05, 0.1) is 24.5 Å². The van der Waals surface area contributed by atoms with Crippen LogP contribution >= 0.6 is 0 Å². The van der Waals surface area contributed by atoms with Gasteiger partial charge in [-0.3, -0.25) is 19.4 Å². The molecule has 9 nitrogen and oxygen atoms in total. The molecule has 0 radical (unpaired) electrons. The molecule has 1 saturated carbocycles. The Bertz CT molecular complexity index is 1530. The first-order valence-corrected chi connectivity index (χ1v) is 14.8. The summed E-state index contributed by atoms with van der Waals surface area (Å²) in [6.07, 6.45) is 5.78. The van der Waals surface area contributed by atoms with Gasteiger partial charge in [0.2, 0.25) is 5.54 Å². The van der Waals surface area contributed by atoms with Crippen molar-refractivity contribution in [1.82, 2.24) is 5.32 Å². The van der Waals surface area contributed by atoms with Gasteiger partial charge in [-0.1, -0.05) is 73.4 Å². The zero-order chi connectivity index (χ0) is 30.8. The molecule has 0 amide bonds. The van der Waals surface area contributed by atoms with Crippen molar-refractivity contribution in [2.45, 2.75) is 64.5 Å². The molecule has 222 valence electrons. The number of ether oxygens (including phenoxy) is 2. The molecule has 3 aliphatic carbocycles. The number of ketones is 2. The predicted molar refractivity (Wildman–Crippen MR) is 158 cm³/mol. The third kappa shape index (κ3) is 4.66. The molecule has 2 aromatic carbocycles. The van der Waals surface area contributed by atoms with Gasteiger partial charge in [0.15, 0.2) is 17.0 Å². The number of esters is 2. The highest BCUT2D eigenvalue weighted by Gasteiger charge is 2.79. The SMILES string of the molecule is CCOC(=O)C1=C(NC2CCCCC2)[C@@](C#N)(N=Cc2ccc(C)cc2)C2(C(=O)c3ccccc3C2=O)[C@H]1C(=O)OCC. The van der Waals surface area contributed by atoms with Crippen molar-refractivity contribution in [3.8, 4) is 6.07 Å². The van der Waals surface area contributed by atoms with Crippen LogP contribution in [0.3, 0.4) is 0 Å². The number of rotatable bonds is 8. The average molecular weight is 582 g/mol. The molecule has 3 aliphatic rings. The van der Waals surface area contributed by atoms with Crippen LogP contribution in [0.25, 0.3) is 0 Å². The summed E-state index contributed by atoms with van der Waals surface area (Å²) in [5, 5.41) is 14.6. The second kappa shape index (κ2) is 12.0. The van der Waals surface area contributed by atoms with E-state index in [-0.39, 0.29) is 41.7 Å². The van der Waals surface area contributed by atoms with Crippen LogP contribution in [0.2, 0.25) is 0 Å². The lowest BCUT2D eigenvalue weighted by atomic mass is 9.62. The van der Waals surface area contributed by atoms with Gasteiger partial charge in [0.25, 0.3) is 0 Å². The summed E-state index contributed by atoms with van der Waals surface area (Å²) in [5.41, 5.74) is -3.30. The van der Waals surface area contributed by atoms with Crippen molar-refractivity contribution < 1.29 is 28.7 Å². The van der Waals surface area contributed by atoms with Crippen LogP contribution in [0, 0.1) is 29.6 Å². The lowest BCUT2D eigenvalue weighted by Crippen LogP contribution is -2.58. The molecule has 0 bridgehead atoms. The molecule has 0 aromatic heterocycles.